The molecule has 0 aromatic carbocycles. The maximum atomic E-state index is 12.5. The number of halogens is 3. The summed E-state index contributed by atoms with van der Waals surface area (Å²) in [7, 11) is 0. The van der Waals surface area contributed by atoms with Gasteiger partial charge in [-0.1, -0.05) is 34.8 Å². The normalized spacial score (nSPS) is 30.5. The van der Waals surface area contributed by atoms with E-state index in [2.05, 4.69) is 0 Å². The van der Waals surface area contributed by atoms with Gasteiger partial charge < -0.3 is 62.4 Å². The van der Waals surface area contributed by atoms with Gasteiger partial charge in [0, 0.05) is 53.9 Å². The van der Waals surface area contributed by atoms with Crippen LogP contribution >= 0.6 is 34.8 Å². The minimum absolute atomic E-state index is 0.638. The Bertz CT molecular complexity index is 1340. The van der Waals surface area contributed by atoms with Crippen molar-refractivity contribution in [3.05, 3.63) is 0 Å². The van der Waals surface area contributed by atoms with Gasteiger partial charge in [-0.2, -0.15) is 0 Å². The van der Waals surface area contributed by atoms with Crippen molar-refractivity contribution in [3.8, 4) is 0 Å². The van der Waals surface area contributed by atoms with Gasteiger partial charge in [0.1, 0.15) is 18.8 Å². The highest BCUT2D eigenvalue weighted by Gasteiger charge is 2.63. The first-order valence-corrected chi connectivity index (χ1v) is 15.8. The van der Waals surface area contributed by atoms with Gasteiger partial charge in [-0.25, -0.2) is 0 Å². The molecule has 0 amide bonds. The zero-order valence-electron chi connectivity index (χ0n) is 27.7. The molecule has 0 aliphatic carbocycles. The van der Waals surface area contributed by atoms with Gasteiger partial charge >= 0.3 is 35.8 Å². The van der Waals surface area contributed by atoms with E-state index in [4.69, 9.17) is 87.6 Å². The van der Waals surface area contributed by atoms with Crippen molar-refractivity contribution in [2.24, 2.45) is 0 Å². The highest BCUT2D eigenvalue weighted by molar-refractivity contribution is 6.76. The van der Waals surface area contributed by atoms with Crippen LogP contribution in [0.25, 0.3) is 0 Å². The molecule has 2 aliphatic heterocycles. The van der Waals surface area contributed by atoms with Crippen LogP contribution in [0.2, 0.25) is 0 Å². The van der Waals surface area contributed by atoms with Crippen LogP contribution < -0.4 is 5.11 Å². The number of rotatable bonds is 13. The average Bonchev–Trinajstić information content (AvgIpc) is 2.95. The minimum atomic E-state index is -2.72. The number of carboxylic acid groups (broad SMARTS) is 1. The summed E-state index contributed by atoms with van der Waals surface area (Å²) in [6.07, 6.45) is -18.2. The van der Waals surface area contributed by atoms with Crippen LogP contribution in [0.15, 0.2) is 0 Å². The Morgan fingerprint density at radius 1 is 0.725 bits per heavy atom. The number of aliphatic hydroxyl groups is 1. The van der Waals surface area contributed by atoms with E-state index >= 15 is 0 Å². The molecule has 0 bridgehead atoms. The van der Waals surface area contributed by atoms with E-state index in [-0.39, 0.29) is 0 Å². The second-order valence-electron chi connectivity index (χ2n) is 11.0. The smallest absolute Gasteiger partial charge is 0.303 e. The van der Waals surface area contributed by atoms with Crippen molar-refractivity contribution in [2.45, 2.75) is 113 Å². The Hall–Kier alpha value is -3.53. The summed E-state index contributed by atoms with van der Waals surface area (Å²) in [5.41, 5.74) is -2.72. The predicted molar refractivity (Wildman–Crippen MR) is 161 cm³/mol. The lowest BCUT2D eigenvalue weighted by Gasteiger charge is -2.51. The molecule has 20 nitrogen and oxygen atoms in total. The van der Waals surface area contributed by atoms with Crippen LogP contribution in [0.4, 0.5) is 0 Å². The molecule has 0 aromatic rings. The van der Waals surface area contributed by atoms with Gasteiger partial charge in [0.05, 0.1) is 6.61 Å². The van der Waals surface area contributed by atoms with E-state index in [9.17, 15) is 43.8 Å². The summed E-state index contributed by atoms with van der Waals surface area (Å²) >= 11 is 17.1. The Kier molecular flexibility index (Phi) is 15.7. The molecular weight excluding hydrogens is 761 g/mol. The molecule has 0 spiro atoms. The Labute approximate surface area is 304 Å². The fraction of sp³-hybridized carbons (Fsp3) is 0.714. The number of hydrogen-bond donors (Lipinski definition) is 2. The zero-order valence-corrected chi connectivity index (χ0v) is 30.0. The third-order valence-electron chi connectivity index (χ3n) is 6.83. The van der Waals surface area contributed by atoms with Crippen LogP contribution in [0.3, 0.4) is 0 Å². The average molecular weight is 796 g/mol. The monoisotopic (exact) mass is 794 g/mol. The number of carboxylic acids is 1. The molecule has 2 rings (SSSR count). The third-order valence-corrected chi connectivity index (χ3v) is 7.34. The maximum absolute atomic E-state index is 12.5. The number of carbonyl (C=O) groups excluding carboxylic acids is 7. The summed E-state index contributed by atoms with van der Waals surface area (Å²) in [4.78, 5) is 84.9. The number of aliphatic hydroxyl groups excluding tert-OH is 1. The summed E-state index contributed by atoms with van der Waals surface area (Å²) in [6, 6.07) is 0. The second-order valence-corrected chi connectivity index (χ2v) is 13.2. The van der Waals surface area contributed by atoms with Gasteiger partial charge in [-0.15, -0.1) is 0 Å². The van der Waals surface area contributed by atoms with Crippen LogP contribution in [0, 0.1) is 5.41 Å². The van der Waals surface area contributed by atoms with Crippen LogP contribution in [-0.2, 0) is 80.9 Å². The largest absolute Gasteiger partial charge is 0.550 e. The SMILES string of the molecule is CC(=O)OC[C@H]1O[C@@H](OC[C@H]2O[C@@H](O)[C@H](OC(=N)C(Cl)(Cl)Cl)[C@@H](OC(C)=O)[C@]2(CC(=O)[O-])OC(C)=O)[C@H](OC(C)=O)[C@@H](OC(C)=O)[C@@H]1OC(C)=O. The molecule has 0 aromatic heterocycles. The highest BCUT2D eigenvalue weighted by Crippen LogP contribution is 2.41. The van der Waals surface area contributed by atoms with Gasteiger partial charge in [-0.05, 0) is 0 Å². The summed E-state index contributed by atoms with van der Waals surface area (Å²) < 4.78 is 51.5. The predicted octanol–water partition coefficient (Wildman–Crippen LogP) is -1.09. The van der Waals surface area contributed by atoms with E-state index in [0.717, 1.165) is 41.5 Å². The first kappa shape index (κ1) is 43.6. The zero-order chi connectivity index (χ0) is 39.0. The molecule has 23 heteroatoms. The number of esters is 6. The minimum Gasteiger partial charge on any atom is -0.550 e. The van der Waals surface area contributed by atoms with Crippen molar-refractivity contribution in [1.82, 2.24) is 0 Å². The summed E-state index contributed by atoms with van der Waals surface area (Å²) in [6.45, 7) is 4.04. The van der Waals surface area contributed by atoms with Crippen LogP contribution in [-0.4, -0.2) is 131 Å². The lowest BCUT2D eigenvalue weighted by molar-refractivity contribution is -0.353. The first-order chi connectivity index (χ1) is 23.5. The van der Waals surface area contributed by atoms with Crippen molar-refractivity contribution >= 4 is 82.5 Å². The second kappa shape index (κ2) is 18.3. The van der Waals surface area contributed by atoms with Gasteiger partial charge in [0.2, 0.25) is 5.90 Å². The lowest BCUT2D eigenvalue weighted by Crippen LogP contribution is -2.71. The molecule has 51 heavy (non-hydrogen) atoms. The van der Waals surface area contributed by atoms with E-state index in [1.54, 1.807) is 0 Å². The quantitative estimate of drug-likeness (QED) is 0.0736. The first-order valence-electron chi connectivity index (χ1n) is 14.6. The molecule has 0 saturated carbocycles. The number of carbonyl (C=O) groups is 7. The molecule has 2 N–H and O–H groups in total. The number of alkyl halides is 3. The fourth-order valence-electron chi connectivity index (χ4n) is 5.19. The number of hydrogen-bond acceptors (Lipinski definition) is 20. The third kappa shape index (κ3) is 12.3. The van der Waals surface area contributed by atoms with Gasteiger partial charge in [0.25, 0.3) is 3.79 Å². The van der Waals surface area contributed by atoms with Crippen molar-refractivity contribution in [3.63, 3.8) is 0 Å². The highest BCUT2D eigenvalue weighted by atomic mass is 35.6. The van der Waals surface area contributed by atoms with E-state index in [0.29, 0.717) is 0 Å². The molecule has 0 unspecified atom stereocenters. The molecule has 10 atom stereocenters. The number of aliphatic carboxylic acids is 1. The topological polar surface area (TPSA) is 279 Å². The van der Waals surface area contributed by atoms with Crippen molar-refractivity contribution in [1.29, 1.82) is 5.41 Å². The Morgan fingerprint density at radius 3 is 1.73 bits per heavy atom. The lowest BCUT2D eigenvalue weighted by atomic mass is 9.80. The molecule has 2 heterocycles. The van der Waals surface area contributed by atoms with E-state index in [1.807, 2.05) is 0 Å². The van der Waals surface area contributed by atoms with Crippen molar-refractivity contribution < 1.29 is 91.1 Å². The Morgan fingerprint density at radius 2 is 1.25 bits per heavy atom. The molecule has 0 radical (unpaired) electrons. The molecular formula is C28H35Cl3NO19-. The standard InChI is InChI=1S/C28H36Cl3NO19/c1-10(33)42-8-16-19(44-11(2)34)20(45-12(3)35)21(46-13(4)36)25(48-16)43-9-17-27(7-18(39)40,51-15(6)38)23(47-14(5)37)22(24(41)49-17)50-26(32)28(29,30)31/h16-17,19-25,32,41H,7-9H2,1-6H3,(H,39,40)/p-1/t16-,17-,19-,20+,21-,22-,23-,24-,25-,27-/m1/s1. The van der Waals surface area contributed by atoms with E-state index < -0.39 is 132 Å². The fourth-order valence-corrected chi connectivity index (χ4v) is 5.33. The van der Waals surface area contributed by atoms with Gasteiger partial charge in [0.15, 0.2) is 48.7 Å². The number of nitrogens with one attached hydrogen (secondary N) is 1. The summed E-state index contributed by atoms with van der Waals surface area (Å²) in [5, 5.41) is 31.1. The van der Waals surface area contributed by atoms with E-state index in [1.165, 1.54) is 0 Å². The number of ether oxygens (including phenoxy) is 10. The van der Waals surface area contributed by atoms with Crippen LogP contribution in [0.5, 0.6) is 0 Å². The molecule has 2 fully saturated rings. The Balaban J connectivity index is 2.71. The maximum Gasteiger partial charge on any atom is 0.303 e. The van der Waals surface area contributed by atoms with Gasteiger partial charge in [-0.3, -0.25) is 34.2 Å². The van der Waals surface area contributed by atoms with Crippen molar-refractivity contribution in [2.75, 3.05) is 13.2 Å². The molecule has 2 aliphatic rings. The molecule has 288 valence electrons. The van der Waals surface area contributed by atoms with Crippen LogP contribution in [0.1, 0.15) is 48.0 Å². The molecule has 2 saturated heterocycles. The summed E-state index contributed by atoms with van der Waals surface area (Å²) in [5.74, 6) is -9.09.